The van der Waals surface area contributed by atoms with Gasteiger partial charge >= 0.3 is 0 Å². The maximum Gasteiger partial charge on any atom is 0.194 e. The number of nitrogens with zero attached hydrogens (tertiary/aromatic N) is 4. The first-order valence-electron chi connectivity index (χ1n) is 11.5. The van der Waals surface area contributed by atoms with Gasteiger partial charge in [-0.05, 0) is 33.1 Å². The maximum absolute atomic E-state index is 6.17. The standard InChI is InChI=1S/C22H35N5O2.HI/c1-3-23-21(24-19-18-6-13-28-20(18)22(19)7-4-5-8-22)27-11-9-26(10-12-27)15-17-14-16(2)29-25-17;/h14,18-20H,3-13,15H2,1-2H3,(H,23,24);1H. The highest BCUT2D eigenvalue weighted by Gasteiger charge is 2.65. The van der Waals surface area contributed by atoms with E-state index in [1.807, 2.05) is 13.0 Å². The van der Waals surface area contributed by atoms with E-state index in [-0.39, 0.29) is 24.0 Å². The van der Waals surface area contributed by atoms with Crippen molar-refractivity contribution in [3.8, 4) is 0 Å². The van der Waals surface area contributed by atoms with Crippen LogP contribution in [0.15, 0.2) is 15.6 Å². The van der Waals surface area contributed by atoms with Crippen molar-refractivity contribution in [1.82, 2.24) is 20.3 Å². The number of hydrogen-bond acceptors (Lipinski definition) is 5. The third-order valence-electron chi connectivity index (χ3n) is 7.61. The van der Waals surface area contributed by atoms with Crippen molar-refractivity contribution >= 4 is 29.9 Å². The number of hydrogen-bond donors (Lipinski definition) is 1. The number of aliphatic imine (C=N–C) groups is 1. The summed E-state index contributed by atoms with van der Waals surface area (Å²) in [5.41, 5.74) is 1.39. The molecule has 0 radical (unpaired) electrons. The van der Waals surface area contributed by atoms with E-state index in [1.54, 1.807) is 0 Å². The smallest absolute Gasteiger partial charge is 0.194 e. The molecular formula is C22H36IN5O2. The SMILES string of the molecule is CCN=C(NC1C2CCOC2C12CCCC2)N1CCN(Cc2cc(C)on2)CC1.I. The lowest BCUT2D eigenvalue weighted by molar-refractivity contribution is -0.125. The van der Waals surface area contributed by atoms with E-state index in [1.165, 1.54) is 32.1 Å². The minimum absolute atomic E-state index is 0. The molecule has 3 heterocycles. The molecule has 3 unspecified atom stereocenters. The van der Waals surface area contributed by atoms with Crippen molar-refractivity contribution in [3.63, 3.8) is 0 Å². The maximum atomic E-state index is 6.17. The predicted octanol–water partition coefficient (Wildman–Crippen LogP) is 3.03. The minimum atomic E-state index is 0. The topological polar surface area (TPSA) is 66.1 Å². The lowest BCUT2D eigenvalue weighted by Gasteiger charge is -2.57. The number of fused-ring (bicyclic) bond motifs is 2. The number of guanidine groups is 1. The first-order valence-corrected chi connectivity index (χ1v) is 11.5. The summed E-state index contributed by atoms with van der Waals surface area (Å²) in [5.74, 6) is 2.67. The Morgan fingerprint density at radius 1 is 1.27 bits per heavy atom. The third-order valence-corrected chi connectivity index (χ3v) is 7.61. The van der Waals surface area contributed by atoms with E-state index >= 15 is 0 Å². The van der Waals surface area contributed by atoms with Crippen molar-refractivity contribution in [1.29, 1.82) is 0 Å². The fourth-order valence-corrected chi connectivity index (χ4v) is 6.27. The van der Waals surface area contributed by atoms with E-state index in [0.717, 1.165) is 63.3 Å². The Balaban J connectivity index is 0.00000218. The molecule has 8 heteroatoms. The molecule has 1 spiro atoms. The Morgan fingerprint density at radius 2 is 2.03 bits per heavy atom. The molecule has 1 aromatic rings. The summed E-state index contributed by atoms with van der Waals surface area (Å²) in [7, 11) is 0. The molecule has 2 aliphatic carbocycles. The van der Waals surface area contributed by atoms with Crippen molar-refractivity contribution in [2.24, 2.45) is 16.3 Å². The van der Waals surface area contributed by atoms with E-state index in [2.05, 4.69) is 27.2 Å². The van der Waals surface area contributed by atoms with Crippen LogP contribution in [0.25, 0.3) is 0 Å². The van der Waals surface area contributed by atoms with Crippen LogP contribution < -0.4 is 5.32 Å². The Hall–Kier alpha value is -0.870. The summed E-state index contributed by atoms with van der Waals surface area (Å²) < 4.78 is 11.4. The molecule has 4 aliphatic rings. The van der Waals surface area contributed by atoms with Gasteiger partial charge in [-0.3, -0.25) is 9.89 Å². The number of ether oxygens (including phenoxy) is 1. The molecule has 2 saturated carbocycles. The number of nitrogens with one attached hydrogen (secondary N) is 1. The molecule has 1 N–H and O–H groups in total. The van der Waals surface area contributed by atoms with Gasteiger partial charge < -0.3 is 19.5 Å². The van der Waals surface area contributed by atoms with Gasteiger partial charge in [0.25, 0.3) is 0 Å². The second-order valence-electron chi connectivity index (χ2n) is 9.30. The number of aryl methyl sites for hydroxylation is 1. The molecule has 4 fully saturated rings. The van der Waals surface area contributed by atoms with Crippen molar-refractivity contribution in [3.05, 3.63) is 17.5 Å². The molecule has 2 aliphatic heterocycles. The average Bonchev–Trinajstić information content (AvgIpc) is 3.46. The van der Waals surface area contributed by atoms with Crippen LogP contribution in [0.2, 0.25) is 0 Å². The number of halogens is 1. The monoisotopic (exact) mass is 529 g/mol. The molecule has 0 aromatic carbocycles. The Kier molecular flexibility index (Phi) is 6.94. The Labute approximate surface area is 197 Å². The summed E-state index contributed by atoms with van der Waals surface area (Å²) in [6, 6.07) is 2.58. The number of rotatable bonds is 4. The number of piperazine rings is 1. The summed E-state index contributed by atoms with van der Waals surface area (Å²) in [5, 5.41) is 8.09. The molecular weight excluding hydrogens is 493 g/mol. The number of aromatic nitrogens is 1. The predicted molar refractivity (Wildman–Crippen MR) is 127 cm³/mol. The van der Waals surface area contributed by atoms with Gasteiger partial charge in [-0.25, -0.2) is 0 Å². The summed E-state index contributed by atoms with van der Waals surface area (Å²) in [6.45, 7) is 10.8. The van der Waals surface area contributed by atoms with E-state index in [4.69, 9.17) is 14.3 Å². The van der Waals surface area contributed by atoms with Gasteiger partial charge in [0.2, 0.25) is 0 Å². The van der Waals surface area contributed by atoms with Crippen molar-refractivity contribution in [2.45, 2.75) is 64.6 Å². The molecule has 0 amide bonds. The fourth-order valence-electron chi connectivity index (χ4n) is 6.27. The molecule has 7 nitrogen and oxygen atoms in total. The molecule has 3 atom stereocenters. The Bertz CT molecular complexity index is 740. The molecule has 0 bridgehead atoms. The molecule has 2 saturated heterocycles. The van der Waals surface area contributed by atoms with Gasteiger partial charge in [0, 0.05) is 69.3 Å². The van der Waals surface area contributed by atoms with Crippen LogP contribution >= 0.6 is 24.0 Å². The summed E-state index contributed by atoms with van der Waals surface area (Å²) in [4.78, 5) is 9.81. The summed E-state index contributed by atoms with van der Waals surface area (Å²) in [6.07, 6.45) is 7.03. The van der Waals surface area contributed by atoms with Crippen LogP contribution in [-0.4, -0.2) is 72.4 Å². The van der Waals surface area contributed by atoms with Crippen LogP contribution in [0.4, 0.5) is 0 Å². The van der Waals surface area contributed by atoms with E-state index in [0.29, 0.717) is 23.5 Å². The first kappa shape index (κ1) is 22.3. The average molecular weight is 529 g/mol. The third kappa shape index (κ3) is 3.99. The molecule has 30 heavy (non-hydrogen) atoms. The van der Waals surface area contributed by atoms with Gasteiger partial charge in [-0.2, -0.15) is 0 Å². The lowest BCUT2D eigenvalue weighted by atomic mass is 9.54. The van der Waals surface area contributed by atoms with Gasteiger partial charge in [0.1, 0.15) is 5.76 Å². The van der Waals surface area contributed by atoms with Crippen LogP contribution in [0.3, 0.4) is 0 Å². The molecule has 168 valence electrons. The second-order valence-corrected chi connectivity index (χ2v) is 9.30. The Morgan fingerprint density at radius 3 is 2.70 bits per heavy atom. The first-order chi connectivity index (χ1) is 14.2. The largest absolute Gasteiger partial charge is 0.377 e. The zero-order valence-electron chi connectivity index (χ0n) is 18.3. The fraction of sp³-hybridized carbons (Fsp3) is 0.818. The minimum Gasteiger partial charge on any atom is -0.377 e. The van der Waals surface area contributed by atoms with Crippen LogP contribution in [0, 0.1) is 18.3 Å². The van der Waals surface area contributed by atoms with Gasteiger partial charge in [0.05, 0.1) is 11.8 Å². The molecule has 5 rings (SSSR count). The van der Waals surface area contributed by atoms with E-state index in [9.17, 15) is 0 Å². The highest BCUT2D eigenvalue weighted by atomic mass is 127. The van der Waals surface area contributed by atoms with Gasteiger partial charge in [-0.15, -0.1) is 24.0 Å². The highest BCUT2D eigenvalue weighted by Crippen LogP contribution is 2.60. The molecule has 1 aromatic heterocycles. The van der Waals surface area contributed by atoms with Crippen LogP contribution in [0.5, 0.6) is 0 Å². The van der Waals surface area contributed by atoms with Gasteiger partial charge in [-0.1, -0.05) is 18.0 Å². The van der Waals surface area contributed by atoms with E-state index < -0.39 is 0 Å². The summed E-state index contributed by atoms with van der Waals surface area (Å²) >= 11 is 0. The zero-order chi connectivity index (χ0) is 19.8. The zero-order valence-corrected chi connectivity index (χ0v) is 20.6. The van der Waals surface area contributed by atoms with Crippen LogP contribution in [-0.2, 0) is 11.3 Å². The normalized spacial score (nSPS) is 30.8. The van der Waals surface area contributed by atoms with Crippen molar-refractivity contribution < 1.29 is 9.26 Å². The second kappa shape index (κ2) is 9.32. The van der Waals surface area contributed by atoms with Gasteiger partial charge in [0.15, 0.2) is 5.96 Å². The van der Waals surface area contributed by atoms with Crippen molar-refractivity contribution in [2.75, 3.05) is 39.3 Å². The quantitative estimate of drug-likeness (QED) is 0.368. The lowest BCUT2D eigenvalue weighted by Crippen LogP contribution is -2.70. The van der Waals surface area contributed by atoms with Crippen LogP contribution in [0.1, 0.15) is 50.5 Å². The highest BCUT2D eigenvalue weighted by molar-refractivity contribution is 14.0.